The first-order chi connectivity index (χ1) is 11.7. The fraction of sp³-hybridized carbons (Fsp3) is 0.529. The van der Waals surface area contributed by atoms with E-state index in [9.17, 15) is 4.79 Å². The highest BCUT2D eigenvalue weighted by Gasteiger charge is 2.28. The molecule has 0 spiro atoms. The number of rotatable bonds is 3. The molecule has 1 atom stereocenters. The Bertz CT molecular complexity index is 806. The number of aromatic nitrogens is 4. The maximum absolute atomic E-state index is 12.4. The predicted molar refractivity (Wildman–Crippen MR) is 95.5 cm³/mol. The van der Waals surface area contributed by atoms with E-state index in [2.05, 4.69) is 20.0 Å². The zero-order chi connectivity index (χ0) is 16.5. The zero-order valence-electron chi connectivity index (χ0n) is 13.8. The highest BCUT2D eigenvalue weighted by molar-refractivity contribution is 7.98. The molecule has 2 aliphatic rings. The molecule has 1 fully saturated rings. The third kappa shape index (κ3) is 2.92. The van der Waals surface area contributed by atoms with Crippen LogP contribution in [0.3, 0.4) is 0 Å². The van der Waals surface area contributed by atoms with Crippen molar-refractivity contribution in [3.63, 3.8) is 0 Å². The third-order valence-electron chi connectivity index (χ3n) is 4.79. The molecule has 2 aromatic heterocycles. The molecule has 1 unspecified atom stereocenters. The van der Waals surface area contributed by atoms with E-state index >= 15 is 0 Å². The number of anilines is 1. The summed E-state index contributed by atoms with van der Waals surface area (Å²) >= 11 is 1.87. The van der Waals surface area contributed by atoms with Crippen LogP contribution in [0, 0.1) is 6.92 Å². The standard InChI is InChI=1S/C17H21N5OS/c1-12-17(19-6-5-18-12)21-7-2-3-14(21)10-22-16(23)9-13-11-24-8-4-15(13)20-22/h5-6,9,14H,2-4,7-8,10-11H2,1H3. The molecule has 2 aliphatic heterocycles. The van der Waals surface area contributed by atoms with E-state index in [4.69, 9.17) is 0 Å². The third-order valence-corrected chi connectivity index (χ3v) is 5.80. The van der Waals surface area contributed by atoms with Gasteiger partial charge in [-0.25, -0.2) is 9.67 Å². The van der Waals surface area contributed by atoms with Gasteiger partial charge in [-0.2, -0.15) is 16.9 Å². The quantitative estimate of drug-likeness (QED) is 0.847. The highest BCUT2D eigenvalue weighted by atomic mass is 32.2. The van der Waals surface area contributed by atoms with E-state index in [0.717, 1.165) is 60.1 Å². The van der Waals surface area contributed by atoms with Crippen molar-refractivity contribution in [2.75, 3.05) is 17.2 Å². The number of fused-ring (bicyclic) bond motifs is 1. The summed E-state index contributed by atoms with van der Waals surface area (Å²) in [7, 11) is 0. The minimum Gasteiger partial charge on any atom is -0.350 e. The Kier molecular flexibility index (Phi) is 4.26. The summed E-state index contributed by atoms with van der Waals surface area (Å²) in [5.74, 6) is 2.93. The summed E-state index contributed by atoms with van der Waals surface area (Å²) in [5.41, 5.74) is 3.15. The number of aryl methyl sites for hydroxylation is 2. The summed E-state index contributed by atoms with van der Waals surface area (Å²) in [5, 5.41) is 4.65. The minimum atomic E-state index is 0.0129. The smallest absolute Gasteiger partial charge is 0.267 e. The second-order valence-electron chi connectivity index (χ2n) is 6.39. The minimum absolute atomic E-state index is 0.0129. The van der Waals surface area contributed by atoms with Crippen molar-refractivity contribution in [1.29, 1.82) is 0 Å². The molecule has 126 valence electrons. The van der Waals surface area contributed by atoms with E-state index in [0.29, 0.717) is 6.54 Å². The normalized spacial score (nSPS) is 20.2. The van der Waals surface area contributed by atoms with Gasteiger partial charge < -0.3 is 4.90 Å². The summed E-state index contributed by atoms with van der Waals surface area (Å²) in [6.07, 6.45) is 6.57. The lowest BCUT2D eigenvalue weighted by molar-refractivity contribution is 0.479. The molecule has 0 aromatic carbocycles. The SMILES string of the molecule is Cc1nccnc1N1CCCC1Cn1nc2c(cc1=O)CSCC2. The number of hydrogen-bond donors (Lipinski definition) is 0. The maximum atomic E-state index is 12.4. The predicted octanol–water partition coefficient (Wildman–Crippen LogP) is 1.80. The van der Waals surface area contributed by atoms with Crippen LogP contribution in [0.25, 0.3) is 0 Å². The van der Waals surface area contributed by atoms with Gasteiger partial charge in [0.15, 0.2) is 0 Å². The Balaban J connectivity index is 1.61. The lowest BCUT2D eigenvalue weighted by atomic mass is 10.2. The van der Waals surface area contributed by atoms with Gasteiger partial charge in [0.05, 0.1) is 24.0 Å². The molecule has 4 rings (SSSR count). The van der Waals surface area contributed by atoms with Crippen molar-refractivity contribution in [3.8, 4) is 0 Å². The molecule has 7 heteroatoms. The summed E-state index contributed by atoms with van der Waals surface area (Å²) < 4.78 is 1.66. The maximum Gasteiger partial charge on any atom is 0.267 e. The van der Waals surface area contributed by atoms with Crippen LogP contribution in [-0.4, -0.2) is 38.1 Å². The Morgan fingerprint density at radius 2 is 2.21 bits per heavy atom. The molecule has 0 saturated carbocycles. The van der Waals surface area contributed by atoms with Crippen LogP contribution in [0.4, 0.5) is 5.82 Å². The van der Waals surface area contributed by atoms with E-state index < -0.39 is 0 Å². The van der Waals surface area contributed by atoms with Crippen LogP contribution in [0.2, 0.25) is 0 Å². The van der Waals surface area contributed by atoms with Crippen LogP contribution >= 0.6 is 11.8 Å². The zero-order valence-corrected chi connectivity index (χ0v) is 14.6. The van der Waals surface area contributed by atoms with Crippen molar-refractivity contribution < 1.29 is 0 Å². The largest absolute Gasteiger partial charge is 0.350 e. The molecule has 0 aliphatic carbocycles. The topological polar surface area (TPSA) is 63.9 Å². The Labute approximate surface area is 145 Å². The van der Waals surface area contributed by atoms with E-state index in [1.54, 1.807) is 23.1 Å². The second kappa shape index (κ2) is 6.55. The van der Waals surface area contributed by atoms with Crippen LogP contribution in [0.5, 0.6) is 0 Å². The monoisotopic (exact) mass is 343 g/mol. The van der Waals surface area contributed by atoms with Gasteiger partial charge in [-0.1, -0.05) is 0 Å². The summed E-state index contributed by atoms with van der Waals surface area (Å²) in [6.45, 7) is 3.56. The van der Waals surface area contributed by atoms with Gasteiger partial charge in [-0.15, -0.1) is 0 Å². The molecule has 0 N–H and O–H groups in total. The van der Waals surface area contributed by atoms with Crippen molar-refractivity contribution in [2.24, 2.45) is 0 Å². The first kappa shape index (κ1) is 15.6. The average molecular weight is 343 g/mol. The number of thioether (sulfide) groups is 1. The lowest BCUT2D eigenvalue weighted by Gasteiger charge is -2.27. The van der Waals surface area contributed by atoms with Crippen LogP contribution in [-0.2, 0) is 18.7 Å². The van der Waals surface area contributed by atoms with Gasteiger partial charge in [-0.05, 0) is 31.1 Å². The van der Waals surface area contributed by atoms with Crippen molar-refractivity contribution >= 4 is 17.6 Å². The lowest BCUT2D eigenvalue weighted by Crippen LogP contribution is -2.38. The molecule has 0 bridgehead atoms. The molecular formula is C17H21N5OS. The first-order valence-electron chi connectivity index (χ1n) is 8.44. The first-order valence-corrected chi connectivity index (χ1v) is 9.60. The average Bonchev–Trinajstić information content (AvgIpc) is 3.04. The van der Waals surface area contributed by atoms with Crippen molar-refractivity contribution in [2.45, 2.75) is 44.5 Å². The molecule has 0 radical (unpaired) electrons. The molecule has 6 nitrogen and oxygen atoms in total. The van der Waals surface area contributed by atoms with E-state index in [-0.39, 0.29) is 11.6 Å². The van der Waals surface area contributed by atoms with Crippen LogP contribution in [0.15, 0.2) is 23.3 Å². The second-order valence-corrected chi connectivity index (χ2v) is 7.50. The summed E-state index contributed by atoms with van der Waals surface area (Å²) in [4.78, 5) is 23.6. The Morgan fingerprint density at radius 1 is 1.33 bits per heavy atom. The van der Waals surface area contributed by atoms with Gasteiger partial charge >= 0.3 is 0 Å². The Morgan fingerprint density at radius 3 is 3.08 bits per heavy atom. The molecule has 1 saturated heterocycles. The fourth-order valence-corrected chi connectivity index (χ4v) is 4.52. The van der Waals surface area contributed by atoms with E-state index in [1.807, 2.05) is 18.7 Å². The molecular weight excluding hydrogens is 322 g/mol. The van der Waals surface area contributed by atoms with Gasteiger partial charge in [0, 0.05) is 37.2 Å². The Hall–Kier alpha value is -1.89. The number of hydrogen-bond acceptors (Lipinski definition) is 6. The number of nitrogens with zero attached hydrogens (tertiary/aromatic N) is 5. The van der Waals surface area contributed by atoms with Gasteiger partial charge in [0.2, 0.25) is 0 Å². The molecule has 4 heterocycles. The fourth-order valence-electron chi connectivity index (χ4n) is 3.57. The van der Waals surface area contributed by atoms with E-state index in [1.165, 1.54) is 0 Å². The van der Waals surface area contributed by atoms with Crippen LogP contribution in [0.1, 0.15) is 29.8 Å². The van der Waals surface area contributed by atoms with Gasteiger partial charge in [0.1, 0.15) is 5.82 Å². The van der Waals surface area contributed by atoms with Gasteiger partial charge in [0.25, 0.3) is 5.56 Å². The van der Waals surface area contributed by atoms with Crippen molar-refractivity contribution in [1.82, 2.24) is 19.7 Å². The summed E-state index contributed by atoms with van der Waals surface area (Å²) in [6, 6.07) is 2.03. The van der Waals surface area contributed by atoms with Crippen LogP contribution < -0.4 is 10.5 Å². The van der Waals surface area contributed by atoms with Gasteiger partial charge in [-0.3, -0.25) is 9.78 Å². The molecule has 2 aromatic rings. The molecule has 24 heavy (non-hydrogen) atoms. The highest BCUT2D eigenvalue weighted by Crippen LogP contribution is 2.26. The van der Waals surface area contributed by atoms with Crippen molar-refractivity contribution in [3.05, 3.63) is 45.8 Å². The molecule has 0 amide bonds.